The summed E-state index contributed by atoms with van der Waals surface area (Å²) in [5, 5.41) is 0. The van der Waals surface area contributed by atoms with Crippen LogP contribution in [0.2, 0.25) is 0 Å². The average molecular weight is 286 g/mol. The highest BCUT2D eigenvalue weighted by Crippen LogP contribution is 2.29. The number of halogens is 2. The van der Waals surface area contributed by atoms with Crippen LogP contribution in [0, 0.1) is 11.7 Å². The van der Waals surface area contributed by atoms with E-state index in [1.165, 1.54) is 25.3 Å². The van der Waals surface area contributed by atoms with Crippen LogP contribution in [0.15, 0.2) is 22.7 Å². The first-order chi connectivity index (χ1) is 7.68. The molecule has 2 N–H and O–H groups in total. The zero-order valence-electron chi connectivity index (χ0n) is 9.26. The van der Waals surface area contributed by atoms with Crippen molar-refractivity contribution in [2.45, 2.75) is 38.1 Å². The molecule has 1 aliphatic carbocycles. The monoisotopic (exact) mass is 285 g/mol. The van der Waals surface area contributed by atoms with Crippen molar-refractivity contribution in [1.29, 1.82) is 0 Å². The molecule has 2 atom stereocenters. The molecule has 0 heterocycles. The van der Waals surface area contributed by atoms with E-state index in [-0.39, 0.29) is 11.9 Å². The van der Waals surface area contributed by atoms with Crippen LogP contribution in [0.25, 0.3) is 0 Å². The summed E-state index contributed by atoms with van der Waals surface area (Å²) < 4.78 is 14.0. The molecule has 88 valence electrons. The first-order valence-corrected chi connectivity index (χ1v) is 6.66. The van der Waals surface area contributed by atoms with Gasteiger partial charge in [-0.3, -0.25) is 0 Å². The Hall–Kier alpha value is -0.410. The summed E-state index contributed by atoms with van der Waals surface area (Å²) in [4.78, 5) is 0. The maximum absolute atomic E-state index is 13.4. The largest absolute Gasteiger partial charge is 0.327 e. The fourth-order valence-electron chi connectivity index (χ4n) is 2.48. The van der Waals surface area contributed by atoms with Crippen molar-refractivity contribution in [1.82, 2.24) is 0 Å². The predicted octanol–water partition coefficient (Wildman–Crippen LogP) is 3.65. The lowest BCUT2D eigenvalue weighted by Gasteiger charge is -2.28. The molecule has 1 saturated carbocycles. The van der Waals surface area contributed by atoms with Crippen LogP contribution < -0.4 is 5.73 Å². The maximum atomic E-state index is 13.4. The van der Waals surface area contributed by atoms with E-state index in [4.69, 9.17) is 5.73 Å². The van der Waals surface area contributed by atoms with Crippen molar-refractivity contribution >= 4 is 15.9 Å². The molecule has 1 aromatic carbocycles. The lowest BCUT2D eigenvalue weighted by molar-refractivity contribution is 0.306. The third kappa shape index (κ3) is 2.64. The summed E-state index contributed by atoms with van der Waals surface area (Å²) in [6.45, 7) is 0. The normalized spacial score (nSPS) is 25.7. The zero-order valence-corrected chi connectivity index (χ0v) is 10.8. The number of rotatable bonds is 2. The van der Waals surface area contributed by atoms with E-state index < -0.39 is 0 Å². The van der Waals surface area contributed by atoms with Gasteiger partial charge in [0.2, 0.25) is 0 Å². The van der Waals surface area contributed by atoms with Gasteiger partial charge >= 0.3 is 0 Å². The zero-order chi connectivity index (χ0) is 11.5. The summed E-state index contributed by atoms with van der Waals surface area (Å²) in [7, 11) is 0. The van der Waals surface area contributed by atoms with E-state index >= 15 is 0 Å². The molecule has 0 radical (unpaired) electrons. The predicted molar refractivity (Wildman–Crippen MR) is 67.7 cm³/mol. The van der Waals surface area contributed by atoms with E-state index in [9.17, 15) is 4.39 Å². The Balaban J connectivity index is 2.10. The highest BCUT2D eigenvalue weighted by Gasteiger charge is 2.22. The standard InChI is InChI=1S/C13H17BrFN/c14-13-10(5-3-6-11(13)15)8-9-4-1-2-7-12(9)16/h3,5-6,9,12H,1-2,4,7-8,16H2. The first kappa shape index (κ1) is 12.1. The van der Waals surface area contributed by atoms with E-state index in [0.29, 0.717) is 10.4 Å². The van der Waals surface area contributed by atoms with Gasteiger partial charge < -0.3 is 5.73 Å². The molecule has 1 aromatic rings. The van der Waals surface area contributed by atoms with Crippen LogP contribution in [-0.2, 0) is 6.42 Å². The van der Waals surface area contributed by atoms with Gasteiger partial charge in [-0.05, 0) is 52.7 Å². The minimum absolute atomic E-state index is 0.179. The highest BCUT2D eigenvalue weighted by molar-refractivity contribution is 9.10. The molecule has 0 spiro atoms. The van der Waals surface area contributed by atoms with Crippen LogP contribution in [0.1, 0.15) is 31.2 Å². The Labute approximate surface area is 104 Å². The van der Waals surface area contributed by atoms with E-state index in [0.717, 1.165) is 18.4 Å². The summed E-state index contributed by atoms with van der Waals surface area (Å²) in [6, 6.07) is 5.51. The van der Waals surface area contributed by atoms with Gasteiger partial charge in [-0.1, -0.05) is 25.0 Å². The van der Waals surface area contributed by atoms with E-state index in [1.807, 2.05) is 6.07 Å². The van der Waals surface area contributed by atoms with E-state index in [2.05, 4.69) is 15.9 Å². The molecule has 16 heavy (non-hydrogen) atoms. The fourth-order valence-corrected chi connectivity index (χ4v) is 2.90. The van der Waals surface area contributed by atoms with Crippen molar-refractivity contribution in [3.63, 3.8) is 0 Å². The molecule has 0 amide bonds. The van der Waals surface area contributed by atoms with Gasteiger partial charge in [0, 0.05) is 6.04 Å². The summed E-state index contributed by atoms with van der Waals surface area (Å²) in [6.07, 6.45) is 5.66. The van der Waals surface area contributed by atoms with Crippen molar-refractivity contribution in [2.24, 2.45) is 11.7 Å². The summed E-state index contributed by atoms with van der Waals surface area (Å²) >= 11 is 3.31. The van der Waals surface area contributed by atoms with Crippen molar-refractivity contribution in [3.8, 4) is 0 Å². The maximum Gasteiger partial charge on any atom is 0.137 e. The van der Waals surface area contributed by atoms with Crippen LogP contribution in [0.5, 0.6) is 0 Å². The molecule has 3 heteroatoms. The van der Waals surface area contributed by atoms with Crippen molar-refractivity contribution < 1.29 is 4.39 Å². The third-order valence-electron chi connectivity index (χ3n) is 3.48. The Kier molecular flexibility index (Phi) is 3.98. The average Bonchev–Trinajstić information content (AvgIpc) is 2.28. The number of hydrogen-bond acceptors (Lipinski definition) is 1. The minimum Gasteiger partial charge on any atom is -0.327 e. The summed E-state index contributed by atoms with van der Waals surface area (Å²) in [5.74, 6) is 0.328. The van der Waals surface area contributed by atoms with Gasteiger partial charge in [-0.15, -0.1) is 0 Å². The van der Waals surface area contributed by atoms with Gasteiger partial charge in [0.15, 0.2) is 0 Å². The molecule has 1 nitrogen and oxygen atoms in total. The number of benzene rings is 1. The highest BCUT2D eigenvalue weighted by atomic mass is 79.9. The Bertz CT molecular complexity index is 367. The molecule has 0 saturated heterocycles. The van der Waals surface area contributed by atoms with Gasteiger partial charge in [0.1, 0.15) is 5.82 Å². The van der Waals surface area contributed by atoms with Crippen LogP contribution in [0.3, 0.4) is 0 Å². The van der Waals surface area contributed by atoms with Crippen LogP contribution >= 0.6 is 15.9 Å². The lowest BCUT2D eigenvalue weighted by Crippen LogP contribution is -2.34. The Morgan fingerprint density at radius 2 is 2.06 bits per heavy atom. The van der Waals surface area contributed by atoms with Crippen LogP contribution in [0.4, 0.5) is 4.39 Å². The SMILES string of the molecule is NC1CCCCC1Cc1cccc(F)c1Br. The topological polar surface area (TPSA) is 26.0 Å². The first-order valence-electron chi connectivity index (χ1n) is 5.87. The molecule has 1 fully saturated rings. The minimum atomic E-state index is -0.179. The second-order valence-corrected chi connectivity index (χ2v) is 5.42. The van der Waals surface area contributed by atoms with Gasteiger partial charge in [-0.25, -0.2) is 4.39 Å². The number of nitrogens with two attached hydrogens (primary N) is 1. The quantitative estimate of drug-likeness (QED) is 0.882. The Morgan fingerprint density at radius 3 is 2.81 bits per heavy atom. The van der Waals surface area contributed by atoms with Gasteiger partial charge in [0.25, 0.3) is 0 Å². The molecule has 0 aliphatic heterocycles. The smallest absolute Gasteiger partial charge is 0.137 e. The molecule has 2 rings (SSSR count). The van der Waals surface area contributed by atoms with Gasteiger partial charge in [-0.2, -0.15) is 0 Å². The van der Waals surface area contributed by atoms with Gasteiger partial charge in [0.05, 0.1) is 4.47 Å². The molecule has 1 aliphatic rings. The third-order valence-corrected chi connectivity index (χ3v) is 4.37. The Morgan fingerprint density at radius 1 is 1.31 bits per heavy atom. The van der Waals surface area contributed by atoms with Crippen molar-refractivity contribution in [3.05, 3.63) is 34.1 Å². The number of hydrogen-bond donors (Lipinski definition) is 1. The van der Waals surface area contributed by atoms with Crippen molar-refractivity contribution in [2.75, 3.05) is 0 Å². The summed E-state index contributed by atoms with van der Waals surface area (Å²) in [5.41, 5.74) is 7.15. The second kappa shape index (κ2) is 5.28. The molecule has 2 unspecified atom stereocenters. The van der Waals surface area contributed by atoms with E-state index in [1.54, 1.807) is 6.07 Å². The molecule has 0 aromatic heterocycles. The lowest BCUT2D eigenvalue weighted by atomic mass is 9.81. The molecule has 0 bridgehead atoms. The van der Waals surface area contributed by atoms with Crippen LogP contribution in [-0.4, -0.2) is 6.04 Å². The second-order valence-electron chi connectivity index (χ2n) is 4.63. The molecular weight excluding hydrogens is 269 g/mol. The fraction of sp³-hybridized carbons (Fsp3) is 0.538. The molecular formula is C13H17BrFN.